The third kappa shape index (κ3) is 1.24. The summed E-state index contributed by atoms with van der Waals surface area (Å²) in [5.41, 5.74) is -0.773. The van der Waals surface area contributed by atoms with Gasteiger partial charge in [0.1, 0.15) is 11.7 Å². The minimum atomic E-state index is -0.773. The van der Waals surface area contributed by atoms with Crippen molar-refractivity contribution in [3.05, 3.63) is 0 Å². The fraction of sp³-hybridized carbons (Fsp3) is 0.778. The third-order valence-electron chi connectivity index (χ3n) is 2.57. The lowest BCUT2D eigenvalue weighted by atomic mass is 10.0. The van der Waals surface area contributed by atoms with Gasteiger partial charge < -0.3 is 9.53 Å². The second kappa shape index (κ2) is 3.25. The molecule has 0 N–H and O–H groups in total. The zero-order valence-electron chi connectivity index (χ0n) is 7.50. The molecule has 1 rings (SSSR count). The van der Waals surface area contributed by atoms with Crippen molar-refractivity contribution in [1.29, 1.82) is 0 Å². The summed E-state index contributed by atoms with van der Waals surface area (Å²) in [7, 11) is 1.33. The van der Waals surface area contributed by atoms with E-state index in [1.165, 1.54) is 7.11 Å². The van der Waals surface area contributed by atoms with Crippen molar-refractivity contribution in [3.63, 3.8) is 0 Å². The fourth-order valence-electron chi connectivity index (χ4n) is 1.69. The van der Waals surface area contributed by atoms with Crippen molar-refractivity contribution < 1.29 is 14.3 Å². The maximum Gasteiger partial charge on any atom is 0.319 e. The largest absolute Gasteiger partial charge is 0.468 e. The first-order valence-electron chi connectivity index (χ1n) is 4.26. The van der Waals surface area contributed by atoms with Crippen LogP contribution in [0, 0.1) is 11.3 Å². The van der Waals surface area contributed by atoms with Crippen LogP contribution >= 0.6 is 0 Å². The molecule has 0 radical (unpaired) electrons. The van der Waals surface area contributed by atoms with Gasteiger partial charge in [-0.1, -0.05) is 13.3 Å². The van der Waals surface area contributed by atoms with Gasteiger partial charge >= 0.3 is 5.97 Å². The molecule has 0 amide bonds. The molecular weight excluding hydrogens is 156 g/mol. The Hall–Kier alpha value is -0.860. The number of esters is 1. The van der Waals surface area contributed by atoms with E-state index in [9.17, 15) is 9.59 Å². The van der Waals surface area contributed by atoms with E-state index in [2.05, 4.69) is 4.74 Å². The van der Waals surface area contributed by atoms with Gasteiger partial charge in [0.05, 0.1) is 7.11 Å². The molecule has 3 heteroatoms. The van der Waals surface area contributed by atoms with Crippen LogP contribution in [0.3, 0.4) is 0 Å². The van der Waals surface area contributed by atoms with Crippen LogP contribution in [0.2, 0.25) is 0 Å². The van der Waals surface area contributed by atoms with E-state index in [4.69, 9.17) is 0 Å². The number of aldehydes is 1. The van der Waals surface area contributed by atoms with Crippen LogP contribution < -0.4 is 0 Å². The highest BCUT2D eigenvalue weighted by atomic mass is 16.5. The van der Waals surface area contributed by atoms with Crippen molar-refractivity contribution >= 4 is 12.3 Å². The molecule has 1 saturated carbocycles. The standard InChI is InChI=1S/C9H14O3/c1-3-4-7-5-9(7,6-10)8(11)12-2/h6-7H,3-5H2,1-2H3/t7-,9?/m0/s1. The predicted molar refractivity (Wildman–Crippen MR) is 43.5 cm³/mol. The summed E-state index contributed by atoms with van der Waals surface area (Å²) in [4.78, 5) is 21.8. The van der Waals surface area contributed by atoms with Crippen LogP contribution in [0.15, 0.2) is 0 Å². The molecule has 2 atom stereocenters. The molecular formula is C9H14O3. The lowest BCUT2D eigenvalue weighted by Crippen LogP contribution is -2.21. The van der Waals surface area contributed by atoms with E-state index in [0.29, 0.717) is 6.42 Å². The monoisotopic (exact) mass is 170 g/mol. The normalized spacial score (nSPS) is 32.7. The quantitative estimate of drug-likeness (QED) is 0.361. The number of hydrogen-bond donors (Lipinski definition) is 0. The summed E-state index contributed by atoms with van der Waals surface area (Å²) in [5, 5.41) is 0. The van der Waals surface area contributed by atoms with Crippen LogP contribution in [0.1, 0.15) is 26.2 Å². The molecule has 0 saturated heterocycles. The molecule has 3 nitrogen and oxygen atoms in total. The van der Waals surface area contributed by atoms with Gasteiger partial charge in [-0.05, 0) is 18.8 Å². The van der Waals surface area contributed by atoms with Crippen LogP contribution in [0.4, 0.5) is 0 Å². The summed E-state index contributed by atoms with van der Waals surface area (Å²) in [5.74, 6) is -0.136. The van der Waals surface area contributed by atoms with E-state index in [1.807, 2.05) is 6.92 Å². The van der Waals surface area contributed by atoms with E-state index >= 15 is 0 Å². The second-order valence-corrected chi connectivity index (χ2v) is 3.34. The average Bonchev–Trinajstić information content (AvgIpc) is 2.79. The number of hydrogen-bond acceptors (Lipinski definition) is 3. The van der Waals surface area contributed by atoms with Gasteiger partial charge in [0, 0.05) is 0 Å². The van der Waals surface area contributed by atoms with Gasteiger partial charge in [-0.2, -0.15) is 0 Å². The molecule has 0 bridgehead atoms. The molecule has 0 spiro atoms. The Balaban J connectivity index is 2.58. The summed E-state index contributed by atoms with van der Waals surface area (Å²) >= 11 is 0. The summed E-state index contributed by atoms with van der Waals surface area (Å²) in [6.45, 7) is 2.05. The van der Waals surface area contributed by atoms with Gasteiger partial charge in [0.15, 0.2) is 0 Å². The lowest BCUT2D eigenvalue weighted by molar-refractivity contribution is -0.149. The Morgan fingerprint density at radius 1 is 1.75 bits per heavy atom. The first-order chi connectivity index (χ1) is 5.71. The molecule has 0 aromatic heterocycles. The fourth-order valence-corrected chi connectivity index (χ4v) is 1.69. The molecule has 0 heterocycles. The van der Waals surface area contributed by atoms with Crippen molar-refractivity contribution in [1.82, 2.24) is 0 Å². The van der Waals surface area contributed by atoms with Crippen LogP contribution in [-0.4, -0.2) is 19.4 Å². The van der Waals surface area contributed by atoms with Gasteiger partial charge in [0.2, 0.25) is 0 Å². The minimum Gasteiger partial charge on any atom is -0.468 e. The maximum atomic E-state index is 11.2. The van der Waals surface area contributed by atoms with E-state index in [0.717, 1.165) is 19.1 Å². The number of methoxy groups -OCH3 is 1. The Bertz CT molecular complexity index is 200. The summed E-state index contributed by atoms with van der Waals surface area (Å²) in [6, 6.07) is 0. The van der Waals surface area contributed by atoms with Crippen molar-refractivity contribution in [2.45, 2.75) is 26.2 Å². The van der Waals surface area contributed by atoms with E-state index < -0.39 is 5.41 Å². The smallest absolute Gasteiger partial charge is 0.319 e. The second-order valence-electron chi connectivity index (χ2n) is 3.34. The predicted octanol–water partition coefficient (Wildman–Crippen LogP) is 1.16. The highest BCUT2D eigenvalue weighted by molar-refractivity contribution is 5.97. The Labute approximate surface area is 72.1 Å². The number of carbonyl (C=O) groups is 2. The van der Waals surface area contributed by atoms with Gasteiger partial charge in [-0.3, -0.25) is 4.79 Å². The van der Waals surface area contributed by atoms with Gasteiger partial charge in [-0.25, -0.2) is 0 Å². The molecule has 12 heavy (non-hydrogen) atoms. The average molecular weight is 170 g/mol. The Morgan fingerprint density at radius 2 is 2.42 bits per heavy atom. The molecule has 1 unspecified atom stereocenters. The molecule has 68 valence electrons. The SMILES string of the molecule is CCC[C@H]1CC1(C=O)C(=O)OC. The van der Waals surface area contributed by atoms with E-state index in [1.54, 1.807) is 0 Å². The molecule has 1 aliphatic rings. The van der Waals surface area contributed by atoms with Crippen molar-refractivity contribution in [3.8, 4) is 0 Å². The van der Waals surface area contributed by atoms with Crippen molar-refractivity contribution in [2.75, 3.05) is 7.11 Å². The number of carbonyl (C=O) groups excluding carboxylic acids is 2. The van der Waals surface area contributed by atoms with Crippen LogP contribution in [-0.2, 0) is 14.3 Å². The zero-order valence-corrected chi connectivity index (χ0v) is 7.50. The van der Waals surface area contributed by atoms with E-state index in [-0.39, 0.29) is 11.9 Å². The minimum absolute atomic E-state index is 0.229. The topological polar surface area (TPSA) is 43.4 Å². The highest BCUT2D eigenvalue weighted by Gasteiger charge is 2.60. The summed E-state index contributed by atoms with van der Waals surface area (Å²) in [6.07, 6.45) is 3.38. The molecule has 0 aromatic carbocycles. The van der Waals surface area contributed by atoms with Gasteiger partial charge in [0.25, 0.3) is 0 Å². The maximum absolute atomic E-state index is 11.2. The van der Waals surface area contributed by atoms with Crippen LogP contribution in [0.5, 0.6) is 0 Å². The molecule has 1 aliphatic carbocycles. The summed E-state index contributed by atoms with van der Waals surface area (Å²) < 4.78 is 4.57. The Morgan fingerprint density at radius 3 is 2.83 bits per heavy atom. The first-order valence-corrected chi connectivity index (χ1v) is 4.26. The lowest BCUT2D eigenvalue weighted by Gasteiger charge is -2.05. The van der Waals surface area contributed by atoms with Crippen molar-refractivity contribution in [2.24, 2.45) is 11.3 Å². The molecule has 1 fully saturated rings. The number of ether oxygens (including phenoxy) is 1. The third-order valence-corrected chi connectivity index (χ3v) is 2.57. The number of rotatable bonds is 4. The first kappa shape index (κ1) is 9.23. The molecule has 0 aliphatic heterocycles. The Kier molecular flexibility index (Phi) is 2.50. The zero-order chi connectivity index (χ0) is 9.19. The van der Waals surface area contributed by atoms with Gasteiger partial charge in [-0.15, -0.1) is 0 Å². The highest BCUT2D eigenvalue weighted by Crippen LogP contribution is 2.54. The molecule has 0 aromatic rings. The van der Waals surface area contributed by atoms with Crippen LogP contribution in [0.25, 0.3) is 0 Å².